The molecule has 2 rings (SSSR count). The van der Waals surface area contributed by atoms with Crippen LogP contribution in [0, 0.1) is 13.8 Å². The van der Waals surface area contributed by atoms with Crippen LogP contribution in [0.1, 0.15) is 42.3 Å². The van der Waals surface area contributed by atoms with Crippen LogP contribution in [-0.4, -0.2) is 37.9 Å². The Labute approximate surface area is 192 Å². The van der Waals surface area contributed by atoms with Crippen LogP contribution in [-0.2, 0) is 6.54 Å². The largest absolute Gasteiger partial charge is 0.497 e. The number of ether oxygens (including phenoxy) is 2. The number of benzene rings is 1. The molecule has 0 radical (unpaired) electrons. The van der Waals surface area contributed by atoms with Crippen molar-refractivity contribution in [3.8, 4) is 11.5 Å². The Kier molecular flexibility index (Phi) is 10.8. The van der Waals surface area contributed by atoms with E-state index in [4.69, 9.17) is 9.26 Å². The number of halogens is 3. The highest BCUT2D eigenvalue weighted by molar-refractivity contribution is 14.0. The molecule has 30 heavy (non-hydrogen) atoms. The Morgan fingerprint density at radius 2 is 2.00 bits per heavy atom. The fourth-order valence-corrected chi connectivity index (χ4v) is 3.07. The summed E-state index contributed by atoms with van der Waals surface area (Å²) in [6, 6.07) is 4.66. The van der Waals surface area contributed by atoms with Gasteiger partial charge in [0.1, 0.15) is 17.3 Å². The van der Waals surface area contributed by atoms with Crippen LogP contribution in [0.15, 0.2) is 27.7 Å². The summed E-state index contributed by atoms with van der Waals surface area (Å²) in [5.41, 5.74) is 2.43. The smallest absolute Gasteiger partial charge is 0.387 e. The third-order valence-electron chi connectivity index (χ3n) is 4.39. The predicted molar refractivity (Wildman–Crippen MR) is 122 cm³/mol. The van der Waals surface area contributed by atoms with Gasteiger partial charge >= 0.3 is 6.61 Å². The molecule has 1 atom stereocenters. The molecule has 0 saturated heterocycles. The molecule has 1 unspecified atom stereocenters. The number of aryl methyl sites for hydroxylation is 2. The van der Waals surface area contributed by atoms with Crippen LogP contribution >= 0.6 is 24.0 Å². The van der Waals surface area contributed by atoms with Crippen LogP contribution < -0.4 is 20.1 Å². The number of aromatic nitrogens is 1. The lowest BCUT2D eigenvalue weighted by Crippen LogP contribution is -2.39. The normalized spacial score (nSPS) is 12.3. The first kappa shape index (κ1) is 25.9. The maximum Gasteiger partial charge on any atom is 0.387 e. The highest BCUT2D eigenvalue weighted by Crippen LogP contribution is 2.26. The molecule has 7 nitrogen and oxygen atoms in total. The maximum absolute atomic E-state index is 12.7. The maximum atomic E-state index is 12.7. The van der Waals surface area contributed by atoms with E-state index >= 15 is 0 Å². The Hall–Kier alpha value is -2.11. The molecular weight excluding hydrogens is 509 g/mol. The average molecular weight is 538 g/mol. The molecule has 1 aromatic heterocycles. The van der Waals surface area contributed by atoms with Gasteiger partial charge in [-0.2, -0.15) is 8.78 Å². The molecule has 1 aromatic carbocycles. The van der Waals surface area contributed by atoms with Crippen LogP contribution in [0.4, 0.5) is 8.78 Å². The molecule has 2 N–H and O–H groups in total. The lowest BCUT2D eigenvalue weighted by atomic mass is 10.00. The molecule has 0 saturated carbocycles. The Morgan fingerprint density at radius 3 is 2.57 bits per heavy atom. The van der Waals surface area contributed by atoms with E-state index in [1.165, 1.54) is 13.2 Å². The zero-order valence-electron chi connectivity index (χ0n) is 17.8. The number of hydrogen-bond donors (Lipinski definition) is 2. The van der Waals surface area contributed by atoms with Crippen molar-refractivity contribution in [3.05, 3.63) is 40.8 Å². The van der Waals surface area contributed by atoms with Gasteiger partial charge < -0.3 is 24.6 Å². The standard InChI is InChI=1S/C20H28F2N4O3.HI/c1-6-23-20(24-10-12(2)18-13(3)26-29-14(18)4)25-11-15-9-16(27-5)7-8-17(15)28-19(21)22;/h7-9,12,19H,6,10-11H2,1-5H3,(H2,23,24,25);1H. The number of nitrogens with one attached hydrogen (secondary N) is 2. The average Bonchev–Trinajstić information content (AvgIpc) is 3.02. The summed E-state index contributed by atoms with van der Waals surface area (Å²) < 4.78 is 40.4. The van der Waals surface area contributed by atoms with Crippen molar-refractivity contribution in [2.45, 2.75) is 46.8 Å². The Morgan fingerprint density at radius 1 is 1.27 bits per heavy atom. The summed E-state index contributed by atoms with van der Waals surface area (Å²) in [6.45, 7) is 6.32. The van der Waals surface area contributed by atoms with Crippen molar-refractivity contribution < 1.29 is 22.8 Å². The number of hydrogen-bond acceptors (Lipinski definition) is 5. The quantitative estimate of drug-likeness (QED) is 0.280. The summed E-state index contributed by atoms with van der Waals surface area (Å²) in [6.07, 6.45) is 0. The fourth-order valence-electron chi connectivity index (χ4n) is 3.07. The molecular formula is C20H29F2IN4O3. The van der Waals surface area contributed by atoms with Crippen LogP contribution in [0.2, 0.25) is 0 Å². The minimum Gasteiger partial charge on any atom is -0.497 e. The number of aliphatic imine (C=N–C) groups is 1. The van der Waals surface area contributed by atoms with Gasteiger partial charge in [0.05, 0.1) is 19.3 Å². The van der Waals surface area contributed by atoms with E-state index in [1.54, 1.807) is 12.1 Å². The fraction of sp³-hybridized carbons (Fsp3) is 0.500. The third-order valence-corrected chi connectivity index (χ3v) is 4.39. The number of guanidine groups is 1. The van der Waals surface area contributed by atoms with Gasteiger partial charge in [-0.15, -0.1) is 24.0 Å². The van der Waals surface area contributed by atoms with Gasteiger partial charge in [-0.1, -0.05) is 12.1 Å². The van der Waals surface area contributed by atoms with Gasteiger partial charge in [0, 0.05) is 30.1 Å². The van der Waals surface area contributed by atoms with Crippen molar-refractivity contribution in [1.29, 1.82) is 0 Å². The molecule has 0 aliphatic carbocycles. The van der Waals surface area contributed by atoms with Crippen molar-refractivity contribution in [2.24, 2.45) is 4.99 Å². The van der Waals surface area contributed by atoms with E-state index in [-0.39, 0.29) is 42.2 Å². The molecule has 0 spiro atoms. The first-order valence-corrected chi connectivity index (χ1v) is 9.42. The van der Waals surface area contributed by atoms with Crippen molar-refractivity contribution in [3.63, 3.8) is 0 Å². The van der Waals surface area contributed by atoms with Gasteiger partial charge in [-0.3, -0.25) is 0 Å². The molecule has 0 bridgehead atoms. The van der Waals surface area contributed by atoms with Crippen LogP contribution in [0.25, 0.3) is 0 Å². The molecule has 0 amide bonds. The van der Waals surface area contributed by atoms with Gasteiger partial charge in [0.2, 0.25) is 0 Å². The van der Waals surface area contributed by atoms with E-state index in [0.717, 1.165) is 17.0 Å². The van der Waals surface area contributed by atoms with Gasteiger partial charge in [-0.05, 0) is 39.0 Å². The van der Waals surface area contributed by atoms with Crippen LogP contribution in [0.3, 0.4) is 0 Å². The first-order chi connectivity index (χ1) is 13.8. The zero-order valence-corrected chi connectivity index (χ0v) is 20.1. The molecule has 10 heteroatoms. The lowest BCUT2D eigenvalue weighted by Gasteiger charge is -2.16. The SMILES string of the molecule is CCNC(=NCc1cc(OC)ccc1OC(F)F)NCC(C)c1c(C)noc1C.I. The monoisotopic (exact) mass is 538 g/mol. The first-order valence-electron chi connectivity index (χ1n) is 9.42. The molecule has 0 aliphatic rings. The van der Waals surface area contributed by atoms with E-state index in [1.807, 2.05) is 20.8 Å². The second-order valence-electron chi connectivity index (χ2n) is 6.57. The second-order valence-corrected chi connectivity index (χ2v) is 6.57. The Bertz CT molecular complexity index is 811. The van der Waals surface area contributed by atoms with Gasteiger partial charge in [0.15, 0.2) is 5.96 Å². The third kappa shape index (κ3) is 7.29. The summed E-state index contributed by atoms with van der Waals surface area (Å²) >= 11 is 0. The summed E-state index contributed by atoms with van der Waals surface area (Å²) in [7, 11) is 1.51. The van der Waals surface area contributed by atoms with Gasteiger partial charge in [0.25, 0.3) is 0 Å². The van der Waals surface area contributed by atoms with Crippen molar-refractivity contribution in [1.82, 2.24) is 15.8 Å². The van der Waals surface area contributed by atoms with Crippen molar-refractivity contribution >= 4 is 29.9 Å². The van der Waals surface area contributed by atoms with Gasteiger partial charge in [-0.25, -0.2) is 4.99 Å². The van der Waals surface area contributed by atoms with Crippen molar-refractivity contribution in [2.75, 3.05) is 20.2 Å². The van der Waals surface area contributed by atoms with E-state index in [9.17, 15) is 8.78 Å². The highest BCUT2D eigenvalue weighted by Gasteiger charge is 2.17. The highest BCUT2D eigenvalue weighted by atomic mass is 127. The van der Waals surface area contributed by atoms with Crippen LogP contribution in [0.5, 0.6) is 11.5 Å². The number of nitrogens with zero attached hydrogens (tertiary/aromatic N) is 2. The van der Waals surface area contributed by atoms with E-state index in [0.29, 0.717) is 30.4 Å². The second kappa shape index (κ2) is 12.6. The van der Waals surface area contributed by atoms with E-state index < -0.39 is 6.61 Å². The minimum absolute atomic E-state index is 0. The minimum atomic E-state index is -2.91. The number of methoxy groups -OCH3 is 1. The number of alkyl halides is 2. The zero-order chi connectivity index (χ0) is 21.4. The summed E-state index contributed by atoms with van der Waals surface area (Å²) in [5.74, 6) is 2.13. The topological polar surface area (TPSA) is 80.9 Å². The molecule has 2 aromatic rings. The molecule has 0 fully saturated rings. The van der Waals surface area contributed by atoms with E-state index in [2.05, 4.69) is 32.4 Å². The molecule has 0 aliphatic heterocycles. The Balaban J connectivity index is 0.00000450. The molecule has 1 heterocycles. The summed E-state index contributed by atoms with van der Waals surface area (Å²) in [5, 5.41) is 10.4. The molecule has 168 valence electrons. The predicted octanol–water partition coefficient (Wildman–Crippen LogP) is 4.38. The number of rotatable bonds is 9. The lowest BCUT2D eigenvalue weighted by molar-refractivity contribution is -0.0504. The summed E-state index contributed by atoms with van der Waals surface area (Å²) in [4.78, 5) is 4.50.